The molecule has 20 heavy (non-hydrogen) atoms. The largest absolute Gasteiger partial charge is 0.321 e. The van der Waals surface area contributed by atoms with Gasteiger partial charge in [-0.2, -0.15) is 0 Å². The third-order valence-electron chi connectivity index (χ3n) is 2.53. The third kappa shape index (κ3) is 3.00. The van der Waals surface area contributed by atoms with Crippen molar-refractivity contribution in [1.29, 1.82) is 0 Å². The molecule has 0 saturated carbocycles. The van der Waals surface area contributed by atoms with E-state index >= 15 is 0 Å². The van der Waals surface area contributed by atoms with Crippen LogP contribution in [-0.4, -0.2) is 15.9 Å². The molecule has 2 aromatic heterocycles. The number of fused-ring (bicyclic) bond motifs is 1. The molecule has 1 amide bonds. The highest BCUT2D eigenvalue weighted by molar-refractivity contribution is 7.17. The maximum Gasteiger partial charge on any atom is 0.257 e. The van der Waals surface area contributed by atoms with Crippen LogP contribution >= 0.6 is 11.3 Å². The Hall–Kier alpha value is -2.27. The van der Waals surface area contributed by atoms with Gasteiger partial charge >= 0.3 is 0 Å². The number of benzene rings is 1. The topological polar surface area (TPSA) is 54.9 Å². The molecule has 0 bridgehead atoms. The van der Waals surface area contributed by atoms with E-state index in [9.17, 15) is 4.79 Å². The van der Waals surface area contributed by atoms with Gasteiger partial charge in [0.2, 0.25) is 0 Å². The Morgan fingerprint density at radius 3 is 2.80 bits per heavy atom. The molecular formula is C15H15N3OS. The summed E-state index contributed by atoms with van der Waals surface area (Å²) in [5, 5.41) is 2.88. The van der Waals surface area contributed by atoms with Crippen molar-refractivity contribution >= 4 is 33.1 Å². The van der Waals surface area contributed by atoms with E-state index in [0.717, 1.165) is 15.9 Å². The average Bonchev–Trinajstić information content (AvgIpc) is 3.00. The van der Waals surface area contributed by atoms with E-state index in [0.29, 0.717) is 5.56 Å². The zero-order chi connectivity index (χ0) is 14.4. The van der Waals surface area contributed by atoms with E-state index < -0.39 is 0 Å². The number of hydrogen-bond acceptors (Lipinski definition) is 4. The summed E-state index contributed by atoms with van der Waals surface area (Å²) in [4.78, 5) is 20.2. The molecule has 1 N–H and O–H groups in total. The maximum absolute atomic E-state index is 12.0. The molecule has 4 nitrogen and oxygen atoms in total. The van der Waals surface area contributed by atoms with E-state index in [4.69, 9.17) is 0 Å². The van der Waals surface area contributed by atoms with Crippen LogP contribution in [0.5, 0.6) is 0 Å². The van der Waals surface area contributed by atoms with Crippen molar-refractivity contribution in [3.05, 3.63) is 53.8 Å². The highest BCUT2D eigenvalue weighted by Crippen LogP contribution is 2.26. The minimum absolute atomic E-state index is 0.163. The van der Waals surface area contributed by atoms with Gasteiger partial charge in [0, 0.05) is 12.4 Å². The molecule has 102 valence electrons. The Kier molecular flexibility index (Phi) is 4.79. The highest BCUT2D eigenvalue weighted by atomic mass is 32.1. The predicted molar refractivity (Wildman–Crippen MR) is 83.2 cm³/mol. The minimum atomic E-state index is -0.163. The number of anilines is 1. The fourth-order valence-corrected chi connectivity index (χ4v) is 2.44. The molecule has 0 aliphatic carbocycles. The molecule has 0 aliphatic heterocycles. The van der Waals surface area contributed by atoms with Gasteiger partial charge in [0.1, 0.15) is 0 Å². The monoisotopic (exact) mass is 285 g/mol. The summed E-state index contributed by atoms with van der Waals surface area (Å²) < 4.78 is 0.981. The first kappa shape index (κ1) is 14.1. The second kappa shape index (κ2) is 6.77. The fourth-order valence-electron chi connectivity index (χ4n) is 1.68. The second-order valence-corrected chi connectivity index (χ2v) is 4.56. The third-order valence-corrected chi connectivity index (χ3v) is 3.40. The lowest BCUT2D eigenvalue weighted by Crippen LogP contribution is -2.11. The van der Waals surface area contributed by atoms with Crippen molar-refractivity contribution < 1.29 is 4.79 Å². The van der Waals surface area contributed by atoms with Crippen LogP contribution in [0.1, 0.15) is 24.2 Å². The van der Waals surface area contributed by atoms with Crippen molar-refractivity contribution in [1.82, 2.24) is 9.97 Å². The molecule has 0 atom stereocenters. The molecule has 0 fully saturated rings. The Morgan fingerprint density at radius 2 is 2.05 bits per heavy atom. The molecule has 2 heterocycles. The van der Waals surface area contributed by atoms with Crippen molar-refractivity contribution in [3.63, 3.8) is 0 Å². The first-order valence-electron chi connectivity index (χ1n) is 6.38. The minimum Gasteiger partial charge on any atom is -0.321 e. The average molecular weight is 285 g/mol. The summed E-state index contributed by atoms with van der Waals surface area (Å²) >= 11 is 1.51. The van der Waals surface area contributed by atoms with Crippen molar-refractivity contribution in [2.45, 2.75) is 13.8 Å². The van der Waals surface area contributed by atoms with Crippen molar-refractivity contribution in [2.75, 3.05) is 5.32 Å². The number of rotatable bonds is 2. The zero-order valence-corrected chi connectivity index (χ0v) is 12.1. The predicted octanol–water partition coefficient (Wildman–Crippen LogP) is 3.97. The van der Waals surface area contributed by atoms with Gasteiger partial charge in [0.05, 0.1) is 27.0 Å². The van der Waals surface area contributed by atoms with Crippen LogP contribution in [0.4, 0.5) is 5.69 Å². The number of pyridine rings is 1. The van der Waals surface area contributed by atoms with Gasteiger partial charge in [-0.3, -0.25) is 9.78 Å². The molecule has 3 aromatic rings. The first-order valence-corrected chi connectivity index (χ1v) is 7.26. The van der Waals surface area contributed by atoms with Gasteiger partial charge in [-0.05, 0) is 24.3 Å². The van der Waals surface area contributed by atoms with E-state index in [1.807, 2.05) is 32.0 Å². The van der Waals surface area contributed by atoms with Crippen LogP contribution in [0, 0.1) is 0 Å². The van der Waals surface area contributed by atoms with E-state index in [-0.39, 0.29) is 5.91 Å². The molecule has 1 aromatic carbocycles. The standard InChI is InChI=1S/C13H9N3OS.C2H6/c17-13(9-3-2-6-14-7-9)16-11-5-1-4-10-12(11)18-8-15-10;1-2/h1-8H,(H,16,17);1-2H3. The number of carbonyl (C=O) groups is 1. The molecule has 3 rings (SSSR count). The molecule has 0 radical (unpaired) electrons. The number of thiazole rings is 1. The summed E-state index contributed by atoms with van der Waals surface area (Å²) in [6.45, 7) is 4.00. The number of nitrogens with one attached hydrogen (secondary N) is 1. The quantitative estimate of drug-likeness (QED) is 0.775. The smallest absolute Gasteiger partial charge is 0.257 e. The van der Waals surface area contributed by atoms with Gasteiger partial charge in [0.15, 0.2) is 0 Å². The summed E-state index contributed by atoms with van der Waals surface area (Å²) in [5.41, 5.74) is 3.98. The van der Waals surface area contributed by atoms with Gasteiger partial charge in [0.25, 0.3) is 5.91 Å². The van der Waals surface area contributed by atoms with Crippen LogP contribution < -0.4 is 5.32 Å². The number of hydrogen-bond donors (Lipinski definition) is 1. The number of aromatic nitrogens is 2. The van der Waals surface area contributed by atoms with Gasteiger partial charge in [-0.1, -0.05) is 19.9 Å². The Balaban J connectivity index is 0.000000704. The molecule has 0 spiro atoms. The Labute approximate surface area is 121 Å². The molecule has 0 unspecified atom stereocenters. The van der Waals surface area contributed by atoms with E-state index in [2.05, 4.69) is 15.3 Å². The Morgan fingerprint density at radius 1 is 1.20 bits per heavy atom. The van der Waals surface area contributed by atoms with Gasteiger partial charge in [-0.25, -0.2) is 4.98 Å². The van der Waals surface area contributed by atoms with E-state index in [1.165, 1.54) is 11.3 Å². The number of amides is 1. The first-order chi connectivity index (χ1) is 9.84. The lowest BCUT2D eigenvalue weighted by molar-refractivity contribution is 0.102. The van der Waals surface area contributed by atoms with Crippen LogP contribution in [0.2, 0.25) is 0 Å². The SMILES string of the molecule is CC.O=C(Nc1cccc2ncsc12)c1cccnc1. The van der Waals surface area contributed by atoms with Crippen LogP contribution in [0.25, 0.3) is 10.2 Å². The Bertz CT molecular complexity index is 694. The lowest BCUT2D eigenvalue weighted by Gasteiger charge is -2.05. The molecule has 5 heteroatoms. The summed E-state index contributed by atoms with van der Waals surface area (Å²) in [6.07, 6.45) is 3.18. The van der Waals surface area contributed by atoms with Crippen molar-refractivity contribution in [3.8, 4) is 0 Å². The van der Waals surface area contributed by atoms with Gasteiger partial charge < -0.3 is 5.32 Å². The van der Waals surface area contributed by atoms with Gasteiger partial charge in [-0.15, -0.1) is 11.3 Å². The number of carbonyl (C=O) groups excluding carboxylic acids is 1. The van der Waals surface area contributed by atoms with Crippen LogP contribution in [0.3, 0.4) is 0 Å². The molecular weight excluding hydrogens is 270 g/mol. The zero-order valence-electron chi connectivity index (χ0n) is 11.3. The number of nitrogens with zero attached hydrogens (tertiary/aromatic N) is 2. The lowest BCUT2D eigenvalue weighted by atomic mass is 10.2. The normalized spacial score (nSPS) is 9.70. The van der Waals surface area contributed by atoms with Crippen molar-refractivity contribution in [2.24, 2.45) is 0 Å². The molecule has 0 aliphatic rings. The van der Waals surface area contributed by atoms with Crippen LogP contribution in [-0.2, 0) is 0 Å². The summed E-state index contributed by atoms with van der Waals surface area (Å²) in [5.74, 6) is -0.163. The van der Waals surface area contributed by atoms with Crippen LogP contribution in [0.15, 0.2) is 48.2 Å². The summed E-state index contributed by atoms with van der Waals surface area (Å²) in [7, 11) is 0. The van der Waals surface area contributed by atoms with E-state index in [1.54, 1.807) is 30.0 Å². The fraction of sp³-hybridized carbons (Fsp3) is 0.133. The molecule has 0 saturated heterocycles. The maximum atomic E-state index is 12.0. The summed E-state index contributed by atoms with van der Waals surface area (Å²) in [6, 6.07) is 9.14. The second-order valence-electron chi connectivity index (χ2n) is 3.70. The highest BCUT2D eigenvalue weighted by Gasteiger charge is 2.09.